The van der Waals surface area contributed by atoms with Crippen LogP contribution in [0, 0.1) is 6.92 Å². The number of pyridine rings is 1. The zero-order valence-electron chi connectivity index (χ0n) is 14.1. The van der Waals surface area contributed by atoms with Crippen molar-refractivity contribution in [1.82, 2.24) is 4.98 Å². The van der Waals surface area contributed by atoms with E-state index in [0.717, 1.165) is 11.3 Å². The maximum atomic E-state index is 12.7. The largest absolute Gasteiger partial charge is 0.397 e. The summed E-state index contributed by atoms with van der Waals surface area (Å²) in [6, 6.07) is 6.71. The summed E-state index contributed by atoms with van der Waals surface area (Å²) in [6.45, 7) is 3.57. The van der Waals surface area contributed by atoms with Gasteiger partial charge in [0.15, 0.2) is 0 Å². The summed E-state index contributed by atoms with van der Waals surface area (Å²) in [5, 5.41) is 14.0. The number of anilines is 2. The second-order valence-electron chi connectivity index (χ2n) is 6.08. The number of carbonyl (C=O) groups is 1. The number of nitrogens with two attached hydrogens (primary N) is 1. The Morgan fingerprint density at radius 1 is 1.38 bits per heavy atom. The minimum atomic E-state index is -0.526. The second kappa shape index (κ2) is 7.40. The van der Waals surface area contributed by atoms with Crippen molar-refractivity contribution in [3.8, 4) is 0 Å². The van der Waals surface area contributed by atoms with Crippen molar-refractivity contribution in [2.24, 2.45) is 0 Å². The van der Waals surface area contributed by atoms with E-state index < -0.39 is 6.10 Å². The molecule has 2 heterocycles. The monoisotopic (exact) mass is 409 g/mol. The molecule has 1 amide bonds. The molecule has 4 N–H and O–H groups in total. The third-order valence-electron chi connectivity index (χ3n) is 3.81. The van der Waals surface area contributed by atoms with Gasteiger partial charge in [-0.2, -0.15) is 0 Å². The molecule has 0 radical (unpaired) electrons. The Morgan fingerprint density at radius 3 is 2.81 bits per heavy atom. The summed E-state index contributed by atoms with van der Waals surface area (Å²) in [6.07, 6.45) is -0.0936. The number of benzene rings is 1. The number of aryl methyl sites for hydroxylation is 1. The zero-order valence-corrected chi connectivity index (χ0v) is 16.5. The van der Waals surface area contributed by atoms with E-state index in [9.17, 15) is 9.90 Å². The van der Waals surface area contributed by atoms with Crippen molar-refractivity contribution < 1.29 is 9.90 Å². The van der Waals surface area contributed by atoms with Gasteiger partial charge in [0.2, 0.25) is 0 Å². The van der Waals surface area contributed by atoms with Crippen LogP contribution in [0.15, 0.2) is 24.3 Å². The second-order valence-corrected chi connectivity index (χ2v) is 7.92. The zero-order chi connectivity index (χ0) is 19.0. The first kappa shape index (κ1) is 18.9. The number of amides is 1. The lowest BCUT2D eigenvalue weighted by Crippen LogP contribution is -2.12. The van der Waals surface area contributed by atoms with Crippen molar-refractivity contribution in [3.05, 3.63) is 50.4 Å². The summed E-state index contributed by atoms with van der Waals surface area (Å²) in [7, 11) is 0. The van der Waals surface area contributed by atoms with Crippen LogP contribution >= 0.6 is 34.5 Å². The number of carbonyl (C=O) groups excluding carboxylic acids is 1. The predicted molar refractivity (Wildman–Crippen MR) is 109 cm³/mol. The highest BCUT2D eigenvalue weighted by Gasteiger charge is 2.21. The lowest BCUT2D eigenvalue weighted by molar-refractivity contribution is 0.103. The molecule has 1 unspecified atom stereocenters. The Morgan fingerprint density at radius 2 is 2.12 bits per heavy atom. The number of hydrogen-bond acceptors (Lipinski definition) is 5. The van der Waals surface area contributed by atoms with Crippen LogP contribution in [0.2, 0.25) is 10.0 Å². The van der Waals surface area contributed by atoms with Gasteiger partial charge in [0.1, 0.15) is 9.71 Å². The average Bonchev–Trinajstić information content (AvgIpc) is 2.87. The average molecular weight is 410 g/mol. The third-order valence-corrected chi connectivity index (χ3v) is 5.47. The Hall–Kier alpha value is -1.86. The molecule has 0 aliphatic carbocycles. The first-order valence-corrected chi connectivity index (χ1v) is 9.46. The predicted octanol–water partition coefficient (Wildman–Crippen LogP) is 4.67. The Bertz CT molecular complexity index is 1000. The van der Waals surface area contributed by atoms with Gasteiger partial charge >= 0.3 is 0 Å². The van der Waals surface area contributed by atoms with Crippen molar-refractivity contribution in [2.45, 2.75) is 26.4 Å². The molecule has 136 valence electrons. The summed E-state index contributed by atoms with van der Waals surface area (Å²) < 4.78 is 0. The van der Waals surface area contributed by atoms with Crippen LogP contribution in [-0.4, -0.2) is 22.1 Å². The first-order chi connectivity index (χ1) is 12.3. The van der Waals surface area contributed by atoms with Crippen LogP contribution in [0.25, 0.3) is 10.2 Å². The van der Waals surface area contributed by atoms with Gasteiger partial charge in [-0.3, -0.25) is 4.79 Å². The molecule has 3 rings (SSSR count). The molecule has 1 atom stereocenters. The van der Waals surface area contributed by atoms with Gasteiger partial charge in [-0.25, -0.2) is 4.98 Å². The van der Waals surface area contributed by atoms with E-state index in [1.54, 1.807) is 25.1 Å². The number of thiophene rings is 1. The fourth-order valence-corrected chi connectivity index (χ4v) is 4.18. The lowest BCUT2D eigenvalue weighted by Gasteiger charge is -2.09. The molecule has 5 nitrogen and oxygen atoms in total. The number of nitrogens with zero attached hydrogens (tertiary/aromatic N) is 1. The van der Waals surface area contributed by atoms with E-state index in [0.29, 0.717) is 42.9 Å². The molecule has 8 heteroatoms. The summed E-state index contributed by atoms with van der Waals surface area (Å²) >= 11 is 13.3. The molecule has 0 saturated carbocycles. The number of rotatable bonds is 4. The molecule has 0 fully saturated rings. The normalized spacial score (nSPS) is 12.3. The molecule has 26 heavy (non-hydrogen) atoms. The van der Waals surface area contributed by atoms with E-state index in [2.05, 4.69) is 10.3 Å². The molecule has 1 aromatic carbocycles. The minimum Gasteiger partial charge on any atom is -0.397 e. The topological polar surface area (TPSA) is 88.2 Å². The van der Waals surface area contributed by atoms with Crippen LogP contribution < -0.4 is 11.1 Å². The Kier molecular flexibility index (Phi) is 5.39. The van der Waals surface area contributed by atoms with E-state index in [1.807, 2.05) is 13.0 Å². The summed E-state index contributed by atoms with van der Waals surface area (Å²) in [5.41, 5.74) is 8.70. The van der Waals surface area contributed by atoms with Crippen molar-refractivity contribution in [1.29, 1.82) is 0 Å². The van der Waals surface area contributed by atoms with Crippen LogP contribution in [0.4, 0.5) is 11.4 Å². The molecule has 2 aromatic heterocycles. The maximum absolute atomic E-state index is 12.7. The van der Waals surface area contributed by atoms with Crippen molar-refractivity contribution >= 4 is 62.0 Å². The van der Waals surface area contributed by atoms with E-state index in [4.69, 9.17) is 28.9 Å². The van der Waals surface area contributed by atoms with Crippen LogP contribution in [0.5, 0.6) is 0 Å². The number of nitrogens with one attached hydrogen (secondary N) is 1. The SMILES string of the molecule is Cc1cc(CC(C)O)c2c(N)c(C(=O)Nc3cc(Cl)ccc3Cl)sc2n1. The van der Waals surface area contributed by atoms with Gasteiger partial charge in [-0.15, -0.1) is 11.3 Å². The Labute approximate surface area is 164 Å². The fraction of sp³-hybridized carbons (Fsp3) is 0.222. The number of halogens is 2. The molecule has 0 saturated heterocycles. The van der Waals surface area contributed by atoms with Gasteiger partial charge in [-0.05, 0) is 50.1 Å². The number of aliphatic hydroxyl groups is 1. The minimum absolute atomic E-state index is 0.348. The molecule has 0 aliphatic rings. The molecular weight excluding hydrogens is 393 g/mol. The molecule has 0 spiro atoms. The highest BCUT2D eigenvalue weighted by Crippen LogP contribution is 2.37. The van der Waals surface area contributed by atoms with Crippen LogP contribution in [0.3, 0.4) is 0 Å². The van der Waals surface area contributed by atoms with Gasteiger partial charge in [0, 0.05) is 16.1 Å². The number of fused-ring (bicyclic) bond motifs is 1. The Balaban J connectivity index is 2.04. The van der Waals surface area contributed by atoms with Crippen molar-refractivity contribution in [3.63, 3.8) is 0 Å². The highest BCUT2D eigenvalue weighted by atomic mass is 35.5. The van der Waals surface area contributed by atoms with Gasteiger partial charge in [0.05, 0.1) is 22.5 Å². The summed E-state index contributed by atoms with van der Waals surface area (Å²) in [5.74, 6) is -0.379. The number of nitrogen functional groups attached to an aromatic ring is 1. The smallest absolute Gasteiger partial charge is 0.267 e. The molecule has 0 aliphatic heterocycles. The summed E-state index contributed by atoms with van der Waals surface area (Å²) in [4.78, 5) is 18.2. The number of hydrogen-bond donors (Lipinski definition) is 3. The molecule has 0 bridgehead atoms. The first-order valence-electron chi connectivity index (χ1n) is 7.89. The van der Waals surface area contributed by atoms with E-state index >= 15 is 0 Å². The third kappa shape index (κ3) is 3.78. The van der Waals surface area contributed by atoms with Gasteiger partial charge in [0.25, 0.3) is 5.91 Å². The highest BCUT2D eigenvalue weighted by molar-refractivity contribution is 7.21. The van der Waals surface area contributed by atoms with Gasteiger partial charge in [-0.1, -0.05) is 23.2 Å². The lowest BCUT2D eigenvalue weighted by atomic mass is 10.0. The number of aromatic nitrogens is 1. The number of aliphatic hydroxyl groups excluding tert-OH is 1. The quantitative estimate of drug-likeness (QED) is 0.583. The van der Waals surface area contributed by atoms with E-state index in [1.165, 1.54) is 11.3 Å². The standard InChI is InChI=1S/C18H17Cl2N3O2S/c1-8-5-10(6-9(2)24)14-15(21)16(26-18(14)22-8)17(25)23-13-7-11(19)3-4-12(13)20/h3-5,7,9,24H,6,21H2,1-2H3,(H,23,25). The molecule has 3 aromatic rings. The van der Waals surface area contributed by atoms with E-state index in [-0.39, 0.29) is 5.91 Å². The van der Waals surface area contributed by atoms with Crippen LogP contribution in [-0.2, 0) is 6.42 Å². The van der Waals surface area contributed by atoms with Crippen LogP contribution in [0.1, 0.15) is 27.9 Å². The fourth-order valence-electron chi connectivity index (χ4n) is 2.76. The maximum Gasteiger partial charge on any atom is 0.267 e. The van der Waals surface area contributed by atoms with Crippen molar-refractivity contribution in [2.75, 3.05) is 11.1 Å². The van der Waals surface area contributed by atoms with Gasteiger partial charge < -0.3 is 16.2 Å². The molecular formula is C18H17Cl2N3O2S.